The molecule has 2 amide bonds. The van der Waals surface area contributed by atoms with Crippen LogP contribution in [0.5, 0.6) is 0 Å². The van der Waals surface area contributed by atoms with Gasteiger partial charge in [0, 0.05) is 18.8 Å². The summed E-state index contributed by atoms with van der Waals surface area (Å²) in [6, 6.07) is 15.8. The number of carbonyl (C=O) groups excluding carboxylic acids is 1. The summed E-state index contributed by atoms with van der Waals surface area (Å²) in [6.45, 7) is -1.15. The van der Waals surface area contributed by atoms with Crippen molar-refractivity contribution < 1.29 is 27.9 Å². The molecular formula is C20H19F3N2O3. The van der Waals surface area contributed by atoms with Crippen molar-refractivity contribution in [1.29, 1.82) is 0 Å². The number of rotatable bonds is 4. The van der Waals surface area contributed by atoms with Gasteiger partial charge in [-0.05, 0) is 23.6 Å². The summed E-state index contributed by atoms with van der Waals surface area (Å²) in [5.74, 6) is -5.29. The third kappa shape index (κ3) is 4.44. The average Bonchev–Trinajstić information content (AvgIpc) is 3.11. The van der Waals surface area contributed by atoms with Gasteiger partial charge in [0.1, 0.15) is 0 Å². The number of hydrogen-bond donors (Lipinski definition) is 2. The smallest absolute Gasteiger partial charge is 0.394 e. The molecule has 2 aromatic carbocycles. The molecule has 1 aliphatic heterocycles. The lowest BCUT2D eigenvalue weighted by atomic mass is 9.96. The lowest BCUT2D eigenvalue weighted by Gasteiger charge is -2.19. The first kappa shape index (κ1) is 19.7. The third-order valence-electron chi connectivity index (χ3n) is 4.84. The summed E-state index contributed by atoms with van der Waals surface area (Å²) in [4.78, 5) is 24.6. The number of hydrogen-bond acceptors (Lipinski definition) is 2. The van der Waals surface area contributed by atoms with Crippen LogP contribution in [-0.4, -0.2) is 41.3 Å². The van der Waals surface area contributed by atoms with Crippen molar-refractivity contribution in [2.24, 2.45) is 11.8 Å². The van der Waals surface area contributed by atoms with Crippen LogP contribution in [0.15, 0.2) is 54.6 Å². The fraction of sp³-hybridized carbons (Fsp3) is 0.300. The van der Waals surface area contributed by atoms with E-state index in [9.17, 15) is 22.8 Å². The molecule has 28 heavy (non-hydrogen) atoms. The first-order valence-corrected chi connectivity index (χ1v) is 8.73. The first-order chi connectivity index (χ1) is 13.3. The molecule has 0 radical (unpaired) electrons. The number of carboxylic acids is 1. The quantitative estimate of drug-likeness (QED) is 0.826. The van der Waals surface area contributed by atoms with Crippen LogP contribution in [0.1, 0.15) is 11.1 Å². The minimum absolute atomic E-state index is 0.480. The molecule has 1 saturated heterocycles. The van der Waals surface area contributed by atoms with Crippen molar-refractivity contribution in [3.05, 3.63) is 65.7 Å². The number of urea groups is 1. The van der Waals surface area contributed by atoms with Gasteiger partial charge in [0.25, 0.3) is 0 Å². The van der Waals surface area contributed by atoms with E-state index < -0.39 is 43.1 Å². The van der Waals surface area contributed by atoms with Crippen molar-refractivity contribution >= 4 is 17.7 Å². The summed E-state index contributed by atoms with van der Waals surface area (Å²) in [5.41, 5.74) is 2.32. The molecule has 148 valence electrons. The van der Waals surface area contributed by atoms with Gasteiger partial charge in [-0.2, -0.15) is 13.2 Å². The number of carboxylic acid groups (broad SMARTS) is 1. The Morgan fingerprint density at radius 1 is 1.04 bits per heavy atom. The Balaban J connectivity index is 1.74. The fourth-order valence-corrected chi connectivity index (χ4v) is 3.36. The number of nitrogens with one attached hydrogen (secondary N) is 1. The number of para-hydroxylation sites is 1. The highest BCUT2D eigenvalue weighted by Gasteiger charge is 2.53. The normalized spacial score (nSPS) is 19.5. The molecule has 0 bridgehead atoms. The molecule has 0 aromatic heterocycles. The van der Waals surface area contributed by atoms with Crippen molar-refractivity contribution in [3.8, 4) is 0 Å². The van der Waals surface area contributed by atoms with E-state index in [1.807, 2.05) is 42.5 Å². The number of alkyl halides is 3. The Morgan fingerprint density at radius 2 is 1.68 bits per heavy atom. The number of anilines is 1. The summed E-state index contributed by atoms with van der Waals surface area (Å²) in [7, 11) is 0. The number of nitrogens with zero attached hydrogens (tertiary/aromatic N) is 1. The molecule has 2 aromatic rings. The maximum Gasteiger partial charge on any atom is 0.394 e. The lowest BCUT2D eigenvalue weighted by Crippen LogP contribution is -2.35. The van der Waals surface area contributed by atoms with Crippen molar-refractivity contribution in [3.63, 3.8) is 0 Å². The van der Waals surface area contributed by atoms with Gasteiger partial charge >= 0.3 is 18.2 Å². The number of likely N-dealkylation sites (tertiary alicyclic amines) is 1. The van der Waals surface area contributed by atoms with Gasteiger partial charge in [-0.15, -0.1) is 0 Å². The summed E-state index contributed by atoms with van der Waals surface area (Å²) < 4.78 is 39.4. The predicted octanol–water partition coefficient (Wildman–Crippen LogP) is 4.00. The van der Waals surface area contributed by atoms with Crippen LogP contribution in [0.2, 0.25) is 0 Å². The predicted molar refractivity (Wildman–Crippen MR) is 97.0 cm³/mol. The van der Waals surface area contributed by atoms with E-state index in [0.29, 0.717) is 12.1 Å². The second-order valence-corrected chi connectivity index (χ2v) is 6.75. The largest absolute Gasteiger partial charge is 0.481 e. The van der Waals surface area contributed by atoms with Gasteiger partial charge in [0.2, 0.25) is 0 Å². The number of amides is 2. The number of benzene rings is 2. The zero-order valence-electron chi connectivity index (χ0n) is 14.8. The average molecular weight is 392 g/mol. The monoisotopic (exact) mass is 392 g/mol. The van der Waals surface area contributed by atoms with Gasteiger partial charge in [-0.25, -0.2) is 4.79 Å². The fourth-order valence-electron chi connectivity index (χ4n) is 3.36. The Hall–Kier alpha value is -3.03. The van der Waals surface area contributed by atoms with E-state index in [1.165, 1.54) is 0 Å². The van der Waals surface area contributed by atoms with Crippen LogP contribution in [0.3, 0.4) is 0 Å². The van der Waals surface area contributed by atoms with E-state index in [4.69, 9.17) is 5.11 Å². The minimum Gasteiger partial charge on any atom is -0.481 e. The van der Waals surface area contributed by atoms with E-state index in [0.717, 1.165) is 16.0 Å². The van der Waals surface area contributed by atoms with E-state index in [2.05, 4.69) is 5.32 Å². The standard InChI is InChI=1S/C20H19F3N2O3/c21-20(22,23)16-12-25(11-15(16)18(26)27)19(28)24-17-9-5-4-8-14(17)10-13-6-2-1-3-7-13/h1-9,15-16H,10-12H2,(H,24,28)(H,26,27)/t15-,16-/m1/s1. The number of halogens is 3. The van der Waals surface area contributed by atoms with Gasteiger partial charge in [-0.1, -0.05) is 48.5 Å². The summed E-state index contributed by atoms with van der Waals surface area (Å²) >= 11 is 0. The zero-order valence-corrected chi connectivity index (χ0v) is 14.8. The van der Waals surface area contributed by atoms with Crippen molar-refractivity contribution in [2.45, 2.75) is 12.6 Å². The molecule has 1 fully saturated rings. The Bertz CT molecular complexity index is 855. The van der Waals surface area contributed by atoms with Crippen LogP contribution in [0, 0.1) is 11.8 Å². The van der Waals surface area contributed by atoms with Crippen molar-refractivity contribution in [1.82, 2.24) is 4.90 Å². The first-order valence-electron chi connectivity index (χ1n) is 8.73. The van der Waals surface area contributed by atoms with Gasteiger partial charge in [-0.3, -0.25) is 4.79 Å². The second kappa shape index (κ2) is 7.92. The van der Waals surface area contributed by atoms with Crippen LogP contribution < -0.4 is 5.32 Å². The molecule has 5 nitrogen and oxygen atoms in total. The van der Waals surface area contributed by atoms with Crippen LogP contribution in [0.4, 0.5) is 23.7 Å². The third-order valence-corrected chi connectivity index (χ3v) is 4.84. The van der Waals surface area contributed by atoms with Gasteiger partial charge in [0.15, 0.2) is 0 Å². The topological polar surface area (TPSA) is 69.6 Å². The maximum atomic E-state index is 13.1. The number of aliphatic carboxylic acids is 1. The van der Waals surface area contributed by atoms with Gasteiger partial charge in [0.05, 0.1) is 11.8 Å². The van der Waals surface area contributed by atoms with E-state index in [1.54, 1.807) is 12.1 Å². The molecular weight excluding hydrogens is 373 g/mol. The molecule has 0 aliphatic carbocycles. The molecule has 2 N–H and O–H groups in total. The van der Waals surface area contributed by atoms with Crippen molar-refractivity contribution in [2.75, 3.05) is 18.4 Å². The Morgan fingerprint density at radius 3 is 2.29 bits per heavy atom. The van der Waals surface area contributed by atoms with E-state index >= 15 is 0 Å². The molecule has 3 rings (SSSR count). The molecule has 1 aliphatic rings. The maximum absolute atomic E-state index is 13.1. The van der Waals surface area contributed by atoms with E-state index in [-0.39, 0.29) is 0 Å². The van der Waals surface area contributed by atoms with Crippen LogP contribution in [-0.2, 0) is 11.2 Å². The van der Waals surface area contributed by atoms with Crippen LogP contribution >= 0.6 is 0 Å². The molecule has 2 atom stereocenters. The molecule has 0 unspecified atom stereocenters. The van der Waals surface area contributed by atoms with Gasteiger partial charge < -0.3 is 15.3 Å². The second-order valence-electron chi connectivity index (χ2n) is 6.75. The number of carbonyl (C=O) groups is 2. The molecule has 8 heteroatoms. The lowest BCUT2D eigenvalue weighted by molar-refractivity contribution is -0.187. The molecule has 1 heterocycles. The molecule has 0 saturated carbocycles. The highest BCUT2D eigenvalue weighted by atomic mass is 19.4. The zero-order chi connectivity index (χ0) is 20.3. The van der Waals surface area contributed by atoms with Crippen LogP contribution in [0.25, 0.3) is 0 Å². The minimum atomic E-state index is -4.68. The highest BCUT2D eigenvalue weighted by Crippen LogP contribution is 2.38. The summed E-state index contributed by atoms with van der Waals surface area (Å²) in [6.07, 6.45) is -4.14. The summed E-state index contributed by atoms with van der Waals surface area (Å²) in [5, 5.41) is 11.7. The highest BCUT2D eigenvalue weighted by molar-refractivity contribution is 5.91. The SMILES string of the molecule is O=C(O)[C@@H]1CN(C(=O)Nc2ccccc2Cc2ccccc2)C[C@H]1C(F)(F)F. The Labute approximate surface area is 159 Å². The Kier molecular flexibility index (Phi) is 5.58. The molecule has 0 spiro atoms.